The Morgan fingerprint density at radius 2 is 2.12 bits per heavy atom. The number of amides is 1. The van der Waals surface area contributed by atoms with Crippen LogP contribution in [0.5, 0.6) is 5.75 Å². The monoisotopic (exact) mass is 233 g/mol. The van der Waals surface area contributed by atoms with Crippen molar-refractivity contribution in [3.05, 3.63) is 39.7 Å². The maximum atomic E-state index is 11.5. The van der Waals surface area contributed by atoms with Gasteiger partial charge in [-0.1, -0.05) is 0 Å². The summed E-state index contributed by atoms with van der Waals surface area (Å²) in [4.78, 5) is 22.9. The number of ether oxygens (including phenoxy) is 1. The molecule has 2 N–H and O–H groups in total. The second-order valence-corrected chi connectivity index (χ2v) is 3.62. The van der Waals surface area contributed by atoms with Gasteiger partial charge in [-0.15, -0.1) is 0 Å². The fraction of sp³-hybridized carbons (Fsp3) is 0.167. The van der Waals surface area contributed by atoms with Gasteiger partial charge in [0.2, 0.25) is 5.91 Å². The van der Waals surface area contributed by atoms with Crippen LogP contribution < -0.4 is 16.1 Å². The van der Waals surface area contributed by atoms with E-state index in [1.54, 1.807) is 18.2 Å². The highest BCUT2D eigenvalue weighted by Gasteiger charge is 2.15. The number of rotatable bonds is 2. The Morgan fingerprint density at radius 1 is 1.41 bits per heavy atom. The van der Waals surface area contributed by atoms with Crippen molar-refractivity contribution in [2.24, 2.45) is 5.73 Å². The molecule has 1 aromatic heterocycles. The lowest BCUT2D eigenvalue weighted by Gasteiger charge is -2.06. The molecule has 0 saturated carbocycles. The van der Waals surface area contributed by atoms with E-state index in [-0.39, 0.29) is 16.7 Å². The number of primary amides is 1. The van der Waals surface area contributed by atoms with Gasteiger partial charge in [-0.3, -0.25) is 4.79 Å². The van der Waals surface area contributed by atoms with Crippen molar-refractivity contribution in [1.29, 1.82) is 0 Å². The molecule has 2 rings (SSSR count). The third kappa shape index (κ3) is 1.75. The highest BCUT2D eigenvalue weighted by molar-refractivity contribution is 6.06. The number of carbonyl (C=O) groups is 1. The maximum absolute atomic E-state index is 11.5. The minimum atomic E-state index is -0.648. The normalized spacial score (nSPS) is 10.5. The molecule has 2 aromatic rings. The van der Waals surface area contributed by atoms with E-state index in [0.717, 1.165) is 0 Å². The first-order valence-corrected chi connectivity index (χ1v) is 4.96. The Balaban J connectivity index is 2.91. The van der Waals surface area contributed by atoms with Gasteiger partial charge in [-0.25, -0.2) is 4.79 Å². The van der Waals surface area contributed by atoms with Crippen molar-refractivity contribution in [1.82, 2.24) is 0 Å². The zero-order valence-electron chi connectivity index (χ0n) is 9.44. The van der Waals surface area contributed by atoms with E-state index >= 15 is 0 Å². The summed E-state index contributed by atoms with van der Waals surface area (Å²) in [5.74, 6) is -0.106. The summed E-state index contributed by atoms with van der Waals surface area (Å²) < 4.78 is 10.1. The molecule has 1 amide bonds. The minimum absolute atomic E-state index is 0.193. The summed E-state index contributed by atoms with van der Waals surface area (Å²) in [6.45, 7) is 1.51. The summed E-state index contributed by atoms with van der Waals surface area (Å²) in [5, 5.41) is 0.510. The van der Waals surface area contributed by atoms with Crippen LogP contribution in [0.15, 0.2) is 27.4 Å². The quantitative estimate of drug-likeness (QED) is 0.790. The Bertz CT molecular complexity index is 657. The van der Waals surface area contributed by atoms with Gasteiger partial charge in [0, 0.05) is 17.0 Å². The zero-order valence-corrected chi connectivity index (χ0v) is 9.44. The average molecular weight is 233 g/mol. The van der Waals surface area contributed by atoms with E-state index in [0.29, 0.717) is 11.1 Å². The van der Waals surface area contributed by atoms with Crippen molar-refractivity contribution in [3.63, 3.8) is 0 Å². The Kier molecular flexibility index (Phi) is 2.59. The van der Waals surface area contributed by atoms with Crippen LogP contribution in [0.3, 0.4) is 0 Å². The summed E-state index contributed by atoms with van der Waals surface area (Å²) in [6.07, 6.45) is 0. The van der Waals surface area contributed by atoms with Gasteiger partial charge in [-0.05, 0) is 19.1 Å². The number of nitrogens with two attached hydrogens (primary N) is 1. The topological polar surface area (TPSA) is 82.5 Å². The number of benzene rings is 1. The summed E-state index contributed by atoms with van der Waals surface area (Å²) >= 11 is 0. The molecule has 0 spiro atoms. The second kappa shape index (κ2) is 3.93. The first-order chi connectivity index (χ1) is 8.04. The van der Waals surface area contributed by atoms with Gasteiger partial charge in [-0.2, -0.15) is 0 Å². The predicted octanol–water partition coefficient (Wildman–Crippen LogP) is 1.21. The first-order valence-electron chi connectivity index (χ1n) is 4.96. The smallest absolute Gasteiger partial charge is 0.339 e. The number of fused-ring (bicyclic) bond motifs is 1. The van der Waals surface area contributed by atoms with E-state index in [2.05, 4.69) is 0 Å². The summed E-state index contributed by atoms with van der Waals surface area (Å²) in [6, 6.07) is 4.86. The van der Waals surface area contributed by atoms with E-state index < -0.39 is 11.5 Å². The second-order valence-electron chi connectivity index (χ2n) is 3.62. The van der Waals surface area contributed by atoms with Gasteiger partial charge in [0.25, 0.3) is 0 Å². The fourth-order valence-electron chi connectivity index (χ4n) is 1.72. The maximum Gasteiger partial charge on any atom is 0.339 e. The highest BCUT2D eigenvalue weighted by Crippen LogP contribution is 2.23. The number of methoxy groups -OCH3 is 1. The van der Waals surface area contributed by atoms with E-state index in [1.807, 2.05) is 0 Å². The number of hydrogen-bond donors (Lipinski definition) is 1. The van der Waals surface area contributed by atoms with E-state index in [1.165, 1.54) is 14.0 Å². The molecule has 88 valence electrons. The fourth-order valence-corrected chi connectivity index (χ4v) is 1.72. The first kappa shape index (κ1) is 11.2. The molecule has 17 heavy (non-hydrogen) atoms. The molecule has 0 atom stereocenters. The van der Waals surface area contributed by atoms with Crippen molar-refractivity contribution in [3.8, 4) is 5.75 Å². The molecular formula is C12H11NO4. The number of hydrogen-bond acceptors (Lipinski definition) is 4. The molecule has 0 radical (unpaired) electrons. The predicted molar refractivity (Wildman–Crippen MR) is 62.3 cm³/mol. The van der Waals surface area contributed by atoms with Gasteiger partial charge in [0.15, 0.2) is 0 Å². The summed E-state index contributed by atoms with van der Waals surface area (Å²) in [7, 11) is 1.50. The number of carbonyl (C=O) groups excluding carboxylic acids is 1. The van der Waals surface area contributed by atoms with Crippen molar-refractivity contribution in [2.75, 3.05) is 7.11 Å². The molecule has 5 nitrogen and oxygen atoms in total. The van der Waals surface area contributed by atoms with Crippen LogP contribution >= 0.6 is 0 Å². The molecular weight excluding hydrogens is 222 g/mol. The molecule has 1 heterocycles. The SMILES string of the molecule is COc1ccc2c(C(N)=O)c(C)c(=O)oc2c1. The standard InChI is InChI=1S/C12H11NO4/c1-6-10(11(13)14)8-4-3-7(16-2)5-9(8)17-12(6)15/h3-5H,1-2H3,(H2,13,14). The third-order valence-corrected chi connectivity index (χ3v) is 2.59. The van der Waals surface area contributed by atoms with Crippen LogP contribution in [0.25, 0.3) is 11.0 Å². The zero-order chi connectivity index (χ0) is 12.6. The van der Waals surface area contributed by atoms with Gasteiger partial charge >= 0.3 is 5.63 Å². The highest BCUT2D eigenvalue weighted by atomic mass is 16.5. The molecule has 0 aliphatic carbocycles. The molecule has 5 heteroatoms. The van der Waals surface area contributed by atoms with Gasteiger partial charge in [0.1, 0.15) is 11.3 Å². The van der Waals surface area contributed by atoms with Crippen LogP contribution in [-0.4, -0.2) is 13.0 Å². The Labute approximate surface area is 96.8 Å². The Morgan fingerprint density at radius 3 is 2.71 bits per heavy atom. The van der Waals surface area contributed by atoms with Gasteiger partial charge in [0.05, 0.1) is 12.7 Å². The summed E-state index contributed by atoms with van der Waals surface area (Å²) in [5.41, 5.74) is 5.40. The molecule has 0 saturated heterocycles. The van der Waals surface area contributed by atoms with Crippen molar-refractivity contribution in [2.45, 2.75) is 6.92 Å². The van der Waals surface area contributed by atoms with E-state index in [4.69, 9.17) is 14.9 Å². The minimum Gasteiger partial charge on any atom is -0.497 e. The van der Waals surface area contributed by atoms with Crippen molar-refractivity contribution >= 4 is 16.9 Å². The van der Waals surface area contributed by atoms with Crippen LogP contribution in [-0.2, 0) is 0 Å². The molecule has 0 bridgehead atoms. The van der Waals surface area contributed by atoms with Gasteiger partial charge < -0.3 is 14.9 Å². The largest absolute Gasteiger partial charge is 0.497 e. The van der Waals surface area contributed by atoms with E-state index in [9.17, 15) is 9.59 Å². The molecule has 1 aromatic carbocycles. The lowest BCUT2D eigenvalue weighted by Crippen LogP contribution is -2.18. The third-order valence-electron chi connectivity index (χ3n) is 2.59. The van der Waals surface area contributed by atoms with Crippen LogP contribution in [0, 0.1) is 6.92 Å². The lowest BCUT2D eigenvalue weighted by atomic mass is 10.0. The van der Waals surface area contributed by atoms with Crippen LogP contribution in [0.1, 0.15) is 15.9 Å². The average Bonchev–Trinajstić information content (AvgIpc) is 2.29. The molecule has 0 fully saturated rings. The molecule has 0 aliphatic rings. The van der Waals surface area contributed by atoms with Crippen molar-refractivity contribution < 1.29 is 13.9 Å². The Hall–Kier alpha value is -2.30. The lowest BCUT2D eigenvalue weighted by molar-refractivity contribution is 0.100. The van der Waals surface area contributed by atoms with Crippen LogP contribution in [0.2, 0.25) is 0 Å². The molecule has 0 unspecified atom stereocenters. The molecule has 0 aliphatic heterocycles. The van der Waals surface area contributed by atoms with Crippen LogP contribution in [0.4, 0.5) is 0 Å².